The second-order valence-electron chi connectivity index (χ2n) is 1.18. The Bertz CT molecular complexity index is 60.1. The first-order valence-corrected chi connectivity index (χ1v) is 1.60. The highest BCUT2D eigenvalue weighted by atomic mass is 13.6. The number of hydrogen-bond donors (Lipinski definition) is 0. The first kappa shape index (κ1) is 4.52. The molecule has 0 atom stereocenters. The van der Waals surface area contributed by atoms with E-state index >= 15 is 0 Å². The summed E-state index contributed by atoms with van der Waals surface area (Å²) in [6.07, 6.45) is 0. The SMILES string of the molecule is C=C=C(C)C. The first-order chi connectivity index (χ1) is 2.27. The van der Waals surface area contributed by atoms with Gasteiger partial charge in [0.15, 0.2) is 0 Å². The van der Waals surface area contributed by atoms with Gasteiger partial charge in [-0.25, -0.2) is 0 Å². The molecule has 0 saturated carbocycles. The maximum absolute atomic E-state index is 3.40. The molecule has 0 spiro atoms. The van der Waals surface area contributed by atoms with E-state index in [1.807, 2.05) is 13.8 Å². The maximum Gasteiger partial charge on any atom is -0.0351 e. The van der Waals surface area contributed by atoms with Gasteiger partial charge in [-0.05, 0) is 19.4 Å². The molecular weight excluding hydrogens is 60.1 g/mol. The fourth-order valence-corrected chi connectivity index (χ4v) is 0. The molecule has 0 aliphatic carbocycles. The Morgan fingerprint density at radius 3 is 1.80 bits per heavy atom. The largest absolute Gasteiger partial charge is 0.130 e. The lowest BCUT2D eigenvalue weighted by atomic mass is 10.4. The van der Waals surface area contributed by atoms with Gasteiger partial charge in [-0.1, -0.05) is 6.58 Å². The van der Waals surface area contributed by atoms with E-state index in [0.29, 0.717) is 0 Å². The second-order valence-corrected chi connectivity index (χ2v) is 1.18. The van der Waals surface area contributed by atoms with Crippen LogP contribution in [0.25, 0.3) is 0 Å². The van der Waals surface area contributed by atoms with Gasteiger partial charge in [0.1, 0.15) is 0 Å². The van der Waals surface area contributed by atoms with Gasteiger partial charge in [-0.15, -0.1) is 5.73 Å². The molecule has 0 saturated heterocycles. The lowest BCUT2D eigenvalue weighted by Crippen LogP contribution is -1.47. The van der Waals surface area contributed by atoms with Crippen molar-refractivity contribution in [2.24, 2.45) is 0 Å². The van der Waals surface area contributed by atoms with Crippen LogP contribution in [0.2, 0.25) is 0 Å². The molecule has 0 heterocycles. The van der Waals surface area contributed by atoms with Gasteiger partial charge in [0.2, 0.25) is 0 Å². The summed E-state index contributed by atoms with van der Waals surface area (Å²) >= 11 is 0. The third-order valence-corrected chi connectivity index (χ3v) is 0.354. The molecule has 0 aromatic carbocycles. The molecular formula is C5H8. The zero-order valence-electron chi connectivity index (χ0n) is 3.71. The van der Waals surface area contributed by atoms with Crippen molar-refractivity contribution in [1.82, 2.24) is 0 Å². The molecule has 0 bridgehead atoms. The van der Waals surface area contributed by atoms with Crippen LogP contribution >= 0.6 is 0 Å². The second kappa shape index (κ2) is 1.80. The fourth-order valence-electron chi connectivity index (χ4n) is 0. The minimum atomic E-state index is 1.14. The van der Waals surface area contributed by atoms with Gasteiger partial charge in [0.05, 0.1) is 0 Å². The summed E-state index contributed by atoms with van der Waals surface area (Å²) < 4.78 is 0. The maximum atomic E-state index is 3.40. The molecule has 28 valence electrons. The minimum Gasteiger partial charge on any atom is -0.130 e. The van der Waals surface area contributed by atoms with Crippen molar-refractivity contribution in [2.75, 3.05) is 0 Å². The van der Waals surface area contributed by atoms with Gasteiger partial charge in [0.25, 0.3) is 0 Å². The van der Waals surface area contributed by atoms with E-state index in [1.165, 1.54) is 0 Å². The van der Waals surface area contributed by atoms with Crippen LogP contribution in [0.15, 0.2) is 17.9 Å². The van der Waals surface area contributed by atoms with Crippen molar-refractivity contribution >= 4 is 0 Å². The van der Waals surface area contributed by atoms with Crippen LogP contribution in [-0.4, -0.2) is 0 Å². The average Bonchev–Trinajstić information content (AvgIpc) is 1.38. The first-order valence-electron chi connectivity index (χ1n) is 1.60. The number of hydrogen-bond acceptors (Lipinski definition) is 0. The van der Waals surface area contributed by atoms with Gasteiger partial charge >= 0.3 is 0 Å². The summed E-state index contributed by atoms with van der Waals surface area (Å²) in [7, 11) is 0. The zero-order valence-corrected chi connectivity index (χ0v) is 3.71. The van der Waals surface area contributed by atoms with Gasteiger partial charge < -0.3 is 0 Å². The normalized spacial score (nSPS) is 6.00. The summed E-state index contributed by atoms with van der Waals surface area (Å²) in [4.78, 5) is 0. The molecule has 0 N–H and O–H groups in total. The van der Waals surface area contributed by atoms with Crippen LogP contribution in [-0.2, 0) is 0 Å². The van der Waals surface area contributed by atoms with Crippen molar-refractivity contribution in [2.45, 2.75) is 13.8 Å². The van der Waals surface area contributed by atoms with Crippen LogP contribution in [0.1, 0.15) is 13.8 Å². The van der Waals surface area contributed by atoms with E-state index in [0.717, 1.165) is 5.57 Å². The molecule has 0 aliphatic heterocycles. The molecule has 0 unspecified atom stereocenters. The Balaban J connectivity index is 3.60. The lowest BCUT2D eigenvalue weighted by Gasteiger charge is -1.67. The molecule has 0 radical (unpaired) electrons. The molecule has 0 aliphatic rings. The van der Waals surface area contributed by atoms with Crippen LogP contribution in [0.3, 0.4) is 0 Å². The lowest BCUT2D eigenvalue weighted by molar-refractivity contribution is 1.41. The quantitative estimate of drug-likeness (QED) is 0.379. The molecule has 0 aromatic rings. The number of allylic oxidation sites excluding steroid dienone is 1. The van der Waals surface area contributed by atoms with E-state index in [2.05, 4.69) is 12.3 Å². The fraction of sp³-hybridized carbons (Fsp3) is 0.400. The average molecular weight is 68.1 g/mol. The topological polar surface area (TPSA) is 0 Å². The predicted molar refractivity (Wildman–Crippen MR) is 24.0 cm³/mol. The molecule has 0 heteroatoms. The minimum absolute atomic E-state index is 1.14. The van der Waals surface area contributed by atoms with Crippen molar-refractivity contribution in [3.63, 3.8) is 0 Å². The predicted octanol–water partition coefficient (Wildman–Crippen LogP) is 1.74. The Morgan fingerprint density at radius 2 is 1.80 bits per heavy atom. The van der Waals surface area contributed by atoms with Crippen molar-refractivity contribution in [3.8, 4) is 0 Å². The third-order valence-electron chi connectivity index (χ3n) is 0.354. The van der Waals surface area contributed by atoms with Gasteiger partial charge in [-0.2, -0.15) is 0 Å². The van der Waals surface area contributed by atoms with E-state index in [1.54, 1.807) is 0 Å². The highest BCUT2D eigenvalue weighted by molar-refractivity contribution is 4.87. The van der Waals surface area contributed by atoms with Crippen LogP contribution < -0.4 is 0 Å². The van der Waals surface area contributed by atoms with E-state index < -0.39 is 0 Å². The Hall–Kier alpha value is -0.480. The Labute approximate surface area is 32.8 Å². The van der Waals surface area contributed by atoms with E-state index in [4.69, 9.17) is 0 Å². The summed E-state index contributed by atoms with van der Waals surface area (Å²) in [6.45, 7) is 7.33. The smallest absolute Gasteiger partial charge is 0.0351 e. The van der Waals surface area contributed by atoms with Crippen LogP contribution in [0, 0.1) is 0 Å². The Morgan fingerprint density at radius 1 is 1.60 bits per heavy atom. The Kier molecular flexibility index (Phi) is 1.63. The molecule has 0 rings (SSSR count). The van der Waals surface area contributed by atoms with Gasteiger partial charge in [0, 0.05) is 0 Å². The van der Waals surface area contributed by atoms with Crippen molar-refractivity contribution < 1.29 is 0 Å². The number of rotatable bonds is 0. The zero-order chi connectivity index (χ0) is 4.28. The highest BCUT2D eigenvalue weighted by Gasteiger charge is 1.57. The van der Waals surface area contributed by atoms with Crippen molar-refractivity contribution in [3.05, 3.63) is 17.9 Å². The molecule has 0 fully saturated rings. The summed E-state index contributed by atoms with van der Waals surface area (Å²) in [6, 6.07) is 0. The van der Waals surface area contributed by atoms with Crippen LogP contribution in [0.4, 0.5) is 0 Å². The highest BCUT2D eigenvalue weighted by Crippen LogP contribution is 1.77. The van der Waals surface area contributed by atoms with E-state index in [9.17, 15) is 0 Å². The molecule has 0 nitrogen and oxygen atoms in total. The van der Waals surface area contributed by atoms with Crippen LogP contribution in [0.5, 0.6) is 0 Å². The summed E-state index contributed by atoms with van der Waals surface area (Å²) in [5.74, 6) is 0. The van der Waals surface area contributed by atoms with Crippen molar-refractivity contribution in [1.29, 1.82) is 0 Å². The van der Waals surface area contributed by atoms with E-state index in [-0.39, 0.29) is 0 Å². The third kappa shape index (κ3) is 3.52. The van der Waals surface area contributed by atoms with Gasteiger partial charge in [-0.3, -0.25) is 0 Å². The monoisotopic (exact) mass is 68.1 g/mol. The summed E-state index contributed by atoms with van der Waals surface area (Å²) in [5, 5.41) is 0. The molecule has 0 aromatic heterocycles. The standard InChI is InChI=1S/C5H8/c1-4-5(2)3/h1H2,2-3H3. The molecule has 0 amide bonds. The summed E-state index contributed by atoms with van der Waals surface area (Å²) in [5.41, 5.74) is 3.84. The molecule has 5 heavy (non-hydrogen) atoms.